The van der Waals surface area contributed by atoms with Gasteiger partial charge >= 0.3 is 0 Å². The zero-order valence-corrected chi connectivity index (χ0v) is 14.0. The molecule has 0 bridgehead atoms. The van der Waals surface area contributed by atoms with Gasteiger partial charge in [0.1, 0.15) is 11.6 Å². The number of fused-ring (bicyclic) bond motifs is 1. The molecule has 5 heteroatoms. The van der Waals surface area contributed by atoms with Gasteiger partial charge in [0, 0.05) is 42.9 Å². The Morgan fingerprint density at radius 3 is 2.92 bits per heavy atom. The van der Waals surface area contributed by atoms with E-state index in [4.69, 9.17) is 4.74 Å². The lowest BCUT2D eigenvalue weighted by Crippen LogP contribution is -2.31. The van der Waals surface area contributed by atoms with E-state index in [1.54, 1.807) is 0 Å². The second kappa shape index (κ2) is 6.75. The maximum Gasteiger partial charge on any atom is 0.251 e. The van der Waals surface area contributed by atoms with Gasteiger partial charge in [0.05, 0.1) is 6.61 Å². The molecule has 130 valence electrons. The monoisotopic (exact) mass is 340 g/mol. The summed E-state index contributed by atoms with van der Waals surface area (Å²) in [5.41, 5.74) is 2.77. The molecular formula is C20H21FN2O2. The normalized spacial score (nSPS) is 18.8. The highest BCUT2D eigenvalue weighted by Crippen LogP contribution is 2.28. The predicted molar refractivity (Wildman–Crippen MR) is 94.7 cm³/mol. The van der Waals surface area contributed by atoms with Gasteiger partial charge in [-0.2, -0.15) is 0 Å². The molecule has 0 radical (unpaired) electrons. The van der Waals surface area contributed by atoms with Crippen LogP contribution in [-0.2, 0) is 6.42 Å². The Morgan fingerprint density at radius 1 is 1.24 bits per heavy atom. The lowest BCUT2D eigenvalue weighted by atomic mass is 10.0. The summed E-state index contributed by atoms with van der Waals surface area (Å²) in [5, 5.41) is 3.07. The highest BCUT2D eigenvalue weighted by atomic mass is 19.1. The summed E-state index contributed by atoms with van der Waals surface area (Å²) in [6.45, 7) is 3.11. The zero-order valence-electron chi connectivity index (χ0n) is 14.0. The van der Waals surface area contributed by atoms with Crippen molar-refractivity contribution in [2.75, 3.05) is 31.1 Å². The fourth-order valence-electron chi connectivity index (χ4n) is 3.65. The van der Waals surface area contributed by atoms with Crippen molar-refractivity contribution >= 4 is 11.6 Å². The molecule has 1 atom stereocenters. The fraction of sp³-hybridized carbons (Fsp3) is 0.350. The average molecular weight is 340 g/mol. The summed E-state index contributed by atoms with van der Waals surface area (Å²) in [4.78, 5) is 14.8. The van der Waals surface area contributed by atoms with Crippen LogP contribution in [0, 0.1) is 11.7 Å². The number of ether oxygens (including phenoxy) is 1. The number of hydrogen-bond acceptors (Lipinski definition) is 3. The number of carbonyl (C=O) groups is 1. The molecule has 2 heterocycles. The van der Waals surface area contributed by atoms with Crippen LogP contribution in [-0.4, -0.2) is 32.1 Å². The number of anilines is 1. The molecule has 2 aliphatic heterocycles. The number of nitrogens with zero attached hydrogens (tertiary/aromatic N) is 1. The van der Waals surface area contributed by atoms with Crippen molar-refractivity contribution < 1.29 is 13.9 Å². The Kier molecular flexibility index (Phi) is 4.30. The van der Waals surface area contributed by atoms with E-state index in [0.717, 1.165) is 48.5 Å². The first-order valence-corrected chi connectivity index (χ1v) is 8.74. The van der Waals surface area contributed by atoms with Gasteiger partial charge in [0.25, 0.3) is 5.91 Å². The maximum absolute atomic E-state index is 13.0. The number of carbonyl (C=O) groups excluding carboxylic acids is 1. The van der Waals surface area contributed by atoms with E-state index in [-0.39, 0.29) is 11.7 Å². The van der Waals surface area contributed by atoms with E-state index in [2.05, 4.69) is 10.2 Å². The van der Waals surface area contributed by atoms with Gasteiger partial charge in [-0.25, -0.2) is 4.39 Å². The number of halogens is 1. The Balaban J connectivity index is 1.34. The summed E-state index contributed by atoms with van der Waals surface area (Å²) in [6, 6.07) is 12.2. The van der Waals surface area contributed by atoms with Gasteiger partial charge in [0.15, 0.2) is 0 Å². The van der Waals surface area contributed by atoms with E-state index < -0.39 is 0 Å². The number of rotatable bonds is 4. The molecule has 0 aromatic heterocycles. The molecule has 1 fully saturated rings. The van der Waals surface area contributed by atoms with Gasteiger partial charge < -0.3 is 15.0 Å². The Bertz CT molecular complexity index is 776. The molecule has 1 amide bonds. The van der Waals surface area contributed by atoms with Crippen LogP contribution in [0.2, 0.25) is 0 Å². The van der Waals surface area contributed by atoms with E-state index in [1.165, 1.54) is 12.1 Å². The summed E-state index contributed by atoms with van der Waals surface area (Å²) in [6.07, 6.45) is 1.81. The highest BCUT2D eigenvalue weighted by Gasteiger charge is 2.25. The molecule has 4 nitrogen and oxygen atoms in total. The molecule has 0 aliphatic carbocycles. The lowest BCUT2D eigenvalue weighted by Gasteiger charge is -2.19. The van der Waals surface area contributed by atoms with Crippen LogP contribution in [0.15, 0.2) is 42.5 Å². The highest BCUT2D eigenvalue weighted by molar-refractivity contribution is 5.96. The molecule has 1 N–H and O–H groups in total. The van der Waals surface area contributed by atoms with Gasteiger partial charge in [-0.3, -0.25) is 4.79 Å². The van der Waals surface area contributed by atoms with Crippen LogP contribution < -0.4 is 15.0 Å². The minimum Gasteiger partial charge on any atom is -0.493 e. The first-order valence-electron chi connectivity index (χ1n) is 8.74. The van der Waals surface area contributed by atoms with E-state index >= 15 is 0 Å². The van der Waals surface area contributed by atoms with Crippen LogP contribution in [0.4, 0.5) is 10.1 Å². The largest absolute Gasteiger partial charge is 0.493 e. The average Bonchev–Trinajstić information content (AvgIpc) is 3.29. The first-order chi connectivity index (χ1) is 12.2. The third kappa shape index (κ3) is 3.31. The maximum atomic E-state index is 13.0. The van der Waals surface area contributed by atoms with Gasteiger partial charge in [-0.1, -0.05) is 6.07 Å². The Hall–Kier alpha value is -2.56. The van der Waals surface area contributed by atoms with Crippen LogP contribution in [0.25, 0.3) is 0 Å². The van der Waals surface area contributed by atoms with Crippen molar-refractivity contribution in [3.8, 4) is 5.75 Å². The van der Waals surface area contributed by atoms with E-state index in [0.29, 0.717) is 19.1 Å². The van der Waals surface area contributed by atoms with Crippen LogP contribution >= 0.6 is 0 Å². The predicted octanol–water partition coefficient (Wildman–Crippen LogP) is 3.02. The molecule has 1 unspecified atom stereocenters. The molecule has 25 heavy (non-hydrogen) atoms. The summed E-state index contributed by atoms with van der Waals surface area (Å²) < 4.78 is 18.6. The second-order valence-electron chi connectivity index (χ2n) is 6.67. The van der Waals surface area contributed by atoms with Crippen LogP contribution in [0.1, 0.15) is 22.3 Å². The van der Waals surface area contributed by atoms with Crippen molar-refractivity contribution in [2.45, 2.75) is 12.8 Å². The van der Waals surface area contributed by atoms with Gasteiger partial charge in [-0.15, -0.1) is 0 Å². The third-order valence-electron chi connectivity index (χ3n) is 5.02. The number of amides is 1. The molecule has 0 saturated carbocycles. The smallest absolute Gasteiger partial charge is 0.251 e. The fourth-order valence-corrected chi connectivity index (χ4v) is 3.65. The molecular weight excluding hydrogens is 319 g/mol. The lowest BCUT2D eigenvalue weighted by molar-refractivity contribution is 0.0947. The van der Waals surface area contributed by atoms with E-state index in [9.17, 15) is 9.18 Å². The quantitative estimate of drug-likeness (QED) is 0.930. The SMILES string of the molecule is O=C(NCC1CCN(c2ccc(F)cc2)C1)c1cccc2c1CCO2. The number of benzene rings is 2. The Morgan fingerprint density at radius 2 is 2.08 bits per heavy atom. The van der Waals surface area contributed by atoms with Crippen molar-refractivity contribution in [2.24, 2.45) is 5.92 Å². The van der Waals surface area contributed by atoms with Gasteiger partial charge in [-0.05, 0) is 48.7 Å². The van der Waals surface area contributed by atoms with Crippen molar-refractivity contribution in [3.63, 3.8) is 0 Å². The second-order valence-corrected chi connectivity index (χ2v) is 6.67. The molecule has 2 aliphatic rings. The number of nitrogens with one attached hydrogen (secondary N) is 1. The van der Waals surface area contributed by atoms with Crippen LogP contribution in [0.5, 0.6) is 5.75 Å². The minimum absolute atomic E-state index is 0.0254. The van der Waals surface area contributed by atoms with Crippen molar-refractivity contribution in [1.82, 2.24) is 5.32 Å². The van der Waals surface area contributed by atoms with Gasteiger partial charge in [0.2, 0.25) is 0 Å². The number of hydrogen-bond donors (Lipinski definition) is 1. The molecule has 0 spiro atoms. The molecule has 2 aromatic rings. The topological polar surface area (TPSA) is 41.6 Å². The van der Waals surface area contributed by atoms with Crippen molar-refractivity contribution in [3.05, 3.63) is 59.4 Å². The van der Waals surface area contributed by atoms with E-state index in [1.807, 2.05) is 30.3 Å². The van der Waals surface area contributed by atoms with Crippen molar-refractivity contribution in [1.29, 1.82) is 0 Å². The molecule has 1 saturated heterocycles. The minimum atomic E-state index is -0.217. The summed E-state index contributed by atoms with van der Waals surface area (Å²) in [5.74, 6) is 0.992. The Labute approximate surface area is 146 Å². The standard InChI is InChI=1S/C20H21FN2O2/c21-15-4-6-16(7-5-15)23-10-8-14(13-23)12-22-20(24)18-2-1-3-19-17(18)9-11-25-19/h1-7,14H,8-13H2,(H,22,24). The molecule has 4 rings (SSSR count). The zero-order chi connectivity index (χ0) is 17.2. The summed E-state index contributed by atoms with van der Waals surface area (Å²) in [7, 11) is 0. The third-order valence-corrected chi connectivity index (χ3v) is 5.02. The summed E-state index contributed by atoms with van der Waals surface area (Å²) >= 11 is 0. The first kappa shape index (κ1) is 15.9. The van der Waals surface area contributed by atoms with Crippen LogP contribution in [0.3, 0.4) is 0 Å². The molecule has 2 aromatic carbocycles.